The number of nitrogens with one attached hydrogen (secondary N) is 1. The Labute approximate surface area is 113 Å². The highest BCUT2D eigenvalue weighted by Gasteiger charge is 2.52. The van der Waals surface area contributed by atoms with Gasteiger partial charge in [-0.25, -0.2) is 4.39 Å². The van der Waals surface area contributed by atoms with Crippen molar-refractivity contribution in [2.24, 2.45) is 0 Å². The number of nitrogens with two attached hydrogens (primary N) is 1. The Bertz CT molecular complexity index is 490. The van der Waals surface area contributed by atoms with Crippen LogP contribution in [0.25, 0.3) is 0 Å². The van der Waals surface area contributed by atoms with Gasteiger partial charge in [0.25, 0.3) is 0 Å². The van der Waals surface area contributed by atoms with E-state index in [4.69, 9.17) is 15.0 Å². The van der Waals surface area contributed by atoms with Crippen LogP contribution in [0.2, 0.25) is 0 Å². The van der Waals surface area contributed by atoms with E-state index in [0.717, 1.165) is 0 Å². The van der Waals surface area contributed by atoms with E-state index in [1.807, 2.05) is 27.7 Å². The van der Waals surface area contributed by atoms with E-state index in [1.165, 1.54) is 6.07 Å². The van der Waals surface area contributed by atoms with Crippen LogP contribution in [0, 0.1) is 5.82 Å². The van der Waals surface area contributed by atoms with Gasteiger partial charge >= 0.3 is 7.12 Å². The molecule has 2 rings (SSSR count). The van der Waals surface area contributed by atoms with Crippen molar-refractivity contribution in [2.45, 2.75) is 38.9 Å². The Hall–Kier alpha value is -1.27. The Morgan fingerprint density at radius 2 is 1.68 bits per heavy atom. The summed E-state index contributed by atoms with van der Waals surface area (Å²) in [6.07, 6.45) is 0. The molecule has 0 aromatic heterocycles. The summed E-state index contributed by atoms with van der Waals surface area (Å²) >= 11 is 0. The van der Waals surface area contributed by atoms with Gasteiger partial charge in [-0.05, 0) is 39.8 Å². The van der Waals surface area contributed by atoms with Gasteiger partial charge in [-0.15, -0.1) is 0 Å². The molecule has 0 saturated carbocycles. The van der Waals surface area contributed by atoms with Crippen molar-refractivity contribution in [2.75, 3.05) is 18.1 Å². The monoisotopic (exact) mass is 266 g/mol. The van der Waals surface area contributed by atoms with Crippen molar-refractivity contribution in [1.29, 1.82) is 0 Å². The zero-order valence-corrected chi connectivity index (χ0v) is 12.0. The Kier molecular flexibility index (Phi) is 3.27. The van der Waals surface area contributed by atoms with Crippen LogP contribution < -0.4 is 16.5 Å². The molecule has 0 aliphatic carbocycles. The molecule has 0 unspecified atom stereocenters. The average Bonchev–Trinajstić information content (AvgIpc) is 2.48. The summed E-state index contributed by atoms with van der Waals surface area (Å²) in [7, 11) is 1.01. The van der Waals surface area contributed by atoms with Crippen LogP contribution in [0.4, 0.5) is 15.8 Å². The highest BCUT2D eigenvalue weighted by atomic mass is 19.1. The van der Waals surface area contributed by atoms with Crippen molar-refractivity contribution in [3.8, 4) is 0 Å². The number of rotatable bonds is 2. The number of benzene rings is 1. The Morgan fingerprint density at radius 3 is 2.16 bits per heavy atom. The zero-order chi connectivity index (χ0) is 14.4. The van der Waals surface area contributed by atoms with Crippen LogP contribution in [0.3, 0.4) is 0 Å². The van der Waals surface area contributed by atoms with Crippen LogP contribution in [0.15, 0.2) is 12.1 Å². The van der Waals surface area contributed by atoms with Crippen LogP contribution >= 0.6 is 0 Å². The molecule has 0 spiro atoms. The normalized spacial score (nSPS) is 20.6. The summed E-state index contributed by atoms with van der Waals surface area (Å²) < 4.78 is 25.7. The zero-order valence-electron chi connectivity index (χ0n) is 12.0. The van der Waals surface area contributed by atoms with Crippen molar-refractivity contribution >= 4 is 24.0 Å². The molecule has 4 nitrogen and oxygen atoms in total. The van der Waals surface area contributed by atoms with E-state index in [1.54, 1.807) is 13.1 Å². The molecular formula is C13H20BFN2O2. The molecule has 1 heterocycles. The molecule has 1 aromatic rings. The summed E-state index contributed by atoms with van der Waals surface area (Å²) in [4.78, 5) is 0. The van der Waals surface area contributed by atoms with E-state index in [-0.39, 0.29) is 0 Å². The maximum Gasteiger partial charge on any atom is 0.497 e. The third kappa shape index (κ3) is 2.30. The molecule has 104 valence electrons. The van der Waals surface area contributed by atoms with E-state index < -0.39 is 24.1 Å². The van der Waals surface area contributed by atoms with Gasteiger partial charge in [-0.3, -0.25) is 0 Å². The van der Waals surface area contributed by atoms with Crippen molar-refractivity contribution in [1.82, 2.24) is 0 Å². The van der Waals surface area contributed by atoms with Crippen LogP contribution in [-0.4, -0.2) is 25.4 Å². The fourth-order valence-electron chi connectivity index (χ4n) is 1.97. The van der Waals surface area contributed by atoms with Gasteiger partial charge in [0, 0.05) is 12.5 Å². The molecule has 1 saturated heterocycles. The largest absolute Gasteiger partial charge is 0.497 e. The second-order valence-electron chi connectivity index (χ2n) is 5.80. The Balaban J connectivity index is 2.39. The number of hydrogen-bond acceptors (Lipinski definition) is 4. The highest BCUT2D eigenvalue weighted by molar-refractivity contribution is 6.62. The second kappa shape index (κ2) is 4.39. The molecule has 19 heavy (non-hydrogen) atoms. The topological polar surface area (TPSA) is 56.5 Å². The number of nitrogen functional groups attached to an aromatic ring is 1. The molecule has 1 fully saturated rings. The van der Waals surface area contributed by atoms with E-state index in [0.29, 0.717) is 16.8 Å². The van der Waals surface area contributed by atoms with Gasteiger partial charge in [0.15, 0.2) is 0 Å². The molecule has 1 aliphatic heterocycles. The van der Waals surface area contributed by atoms with Gasteiger partial charge in [0.2, 0.25) is 0 Å². The molecule has 1 aliphatic rings. The SMILES string of the molecule is CNc1cc(B2OC(C)(C)C(C)(C)O2)c(F)cc1N. The predicted octanol–water partition coefficient (Wildman–Crippen LogP) is 1.75. The van der Waals surface area contributed by atoms with Crippen molar-refractivity contribution < 1.29 is 13.7 Å². The smallest absolute Gasteiger partial charge is 0.399 e. The number of halogens is 1. The summed E-state index contributed by atoms with van der Waals surface area (Å²) in [5.41, 5.74) is 6.11. The van der Waals surface area contributed by atoms with Crippen LogP contribution in [-0.2, 0) is 9.31 Å². The van der Waals surface area contributed by atoms with E-state index in [2.05, 4.69) is 5.32 Å². The van der Waals surface area contributed by atoms with Crippen molar-refractivity contribution in [3.63, 3.8) is 0 Å². The maximum atomic E-state index is 14.1. The maximum absolute atomic E-state index is 14.1. The quantitative estimate of drug-likeness (QED) is 0.632. The van der Waals surface area contributed by atoms with Gasteiger partial charge in [0.1, 0.15) is 5.82 Å². The minimum Gasteiger partial charge on any atom is -0.399 e. The molecule has 0 radical (unpaired) electrons. The number of hydrogen-bond donors (Lipinski definition) is 2. The lowest BCUT2D eigenvalue weighted by Gasteiger charge is -2.32. The third-order valence-electron chi connectivity index (χ3n) is 3.95. The fourth-order valence-corrected chi connectivity index (χ4v) is 1.97. The summed E-state index contributed by atoms with van der Waals surface area (Å²) in [5, 5.41) is 2.93. The standard InChI is InChI=1S/C13H20BFN2O2/c1-12(2)13(3,4)19-14(18-12)8-6-11(17-5)10(16)7-9(8)15/h6-7,17H,16H2,1-5H3. The van der Waals surface area contributed by atoms with E-state index in [9.17, 15) is 4.39 Å². The molecule has 1 aromatic carbocycles. The van der Waals surface area contributed by atoms with Gasteiger partial charge in [0.05, 0.1) is 22.6 Å². The van der Waals surface area contributed by atoms with E-state index >= 15 is 0 Å². The molecule has 0 amide bonds. The van der Waals surface area contributed by atoms with Gasteiger partial charge in [-0.1, -0.05) is 0 Å². The first-order valence-electron chi connectivity index (χ1n) is 6.30. The highest BCUT2D eigenvalue weighted by Crippen LogP contribution is 2.37. The molecule has 0 bridgehead atoms. The average molecular weight is 266 g/mol. The first-order chi connectivity index (χ1) is 8.68. The summed E-state index contributed by atoms with van der Waals surface area (Å²) in [6.45, 7) is 7.73. The lowest BCUT2D eigenvalue weighted by atomic mass is 9.78. The minimum absolute atomic E-state index is 0.359. The second-order valence-corrected chi connectivity index (χ2v) is 5.80. The third-order valence-corrected chi connectivity index (χ3v) is 3.95. The van der Waals surface area contributed by atoms with Crippen LogP contribution in [0.5, 0.6) is 0 Å². The molecular weight excluding hydrogens is 246 g/mol. The molecule has 3 N–H and O–H groups in total. The molecule has 6 heteroatoms. The molecule has 0 atom stereocenters. The Morgan fingerprint density at radius 1 is 1.16 bits per heavy atom. The summed E-state index contributed by atoms with van der Waals surface area (Å²) in [6, 6.07) is 2.92. The predicted molar refractivity (Wildman–Crippen MR) is 76.1 cm³/mol. The lowest BCUT2D eigenvalue weighted by molar-refractivity contribution is 0.00578. The lowest BCUT2D eigenvalue weighted by Crippen LogP contribution is -2.41. The minimum atomic E-state index is -0.724. The first kappa shape index (κ1) is 14.2. The fraction of sp³-hybridized carbons (Fsp3) is 0.538. The number of anilines is 2. The van der Waals surface area contributed by atoms with Gasteiger partial charge < -0.3 is 20.4 Å². The van der Waals surface area contributed by atoms with Crippen molar-refractivity contribution in [3.05, 3.63) is 17.9 Å². The first-order valence-corrected chi connectivity index (χ1v) is 6.30. The van der Waals surface area contributed by atoms with Crippen LogP contribution in [0.1, 0.15) is 27.7 Å². The van der Waals surface area contributed by atoms with Gasteiger partial charge in [-0.2, -0.15) is 0 Å². The summed E-state index contributed by atoms with van der Waals surface area (Å²) in [5.74, 6) is -0.421.